The average molecular weight is 323 g/mol. The number of nitrogens with zero attached hydrogens (tertiary/aromatic N) is 2. The number of nitrogens with one attached hydrogen (secondary N) is 1. The molecule has 1 aliphatic heterocycles. The van der Waals surface area contributed by atoms with Crippen LogP contribution >= 0.6 is 11.3 Å². The van der Waals surface area contributed by atoms with Crippen molar-refractivity contribution in [1.82, 2.24) is 15.2 Å². The van der Waals surface area contributed by atoms with E-state index in [2.05, 4.69) is 10.3 Å². The Morgan fingerprint density at radius 3 is 2.95 bits per heavy atom. The van der Waals surface area contributed by atoms with E-state index in [1.54, 1.807) is 0 Å². The van der Waals surface area contributed by atoms with Gasteiger partial charge in [0.2, 0.25) is 0 Å². The summed E-state index contributed by atoms with van der Waals surface area (Å²) in [6.45, 7) is 1.21. The van der Waals surface area contributed by atoms with Gasteiger partial charge in [-0.25, -0.2) is 9.78 Å². The predicted molar refractivity (Wildman–Crippen MR) is 71.0 cm³/mol. The van der Waals surface area contributed by atoms with Gasteiger partial charge in [0.25, 0.3) is 0 Å². The normalized spacial score (nSPS) is 19.3. The van der Waals surface area contributed by atoms with E-state index in [0.29, 0.717) is 13.2 Å². The maximum atomic E-state index is 12.4. The van der Waals surface area contributed by atoms with Crippen LogP contribution in [0.4, 0.5) is 18.0 Å². The van der Waals surface area contributed by atoms with E-state index >= 15 is 0 Å². The number of carbonyl (C=O) groups excluding carboxylic acids is 1. The van der Waals surface area contributed by atoms with Gasteiger partial charge in [0.1, 0.15) is 5.01 Å². The predicted octanol–water partition coefficient (Wildman–Crippen LogP) is 2.48. The summed E-state index contributed by atoms with van der Waals surface area (Å²) in [7, 11) is 1.52. The highest BCUT2D eigenvalue weighted by Gasteiger charge is 2.33. The molecule has 1 aromatic rings. The number of urea groups is 1. The number of hydrogen-bond donors (Lipinski definition) is 1. The van der Waals surface area contributed by atoms with Gasteiger partial charge in [-0.1, -0.05) is 0 Å². The second-order valence-electron chi connectivity index (χ2n) is 4.84. The first-order chi connectivity index (χ1) is 9.86. The highest BCUT2D eigenvalue weighted by Crippen LogP contribution is 2.30. The van der Waals surface area contributed by atoms with Gasteiger partial charge in [-0.2, -0.15) is 13.2 Å². The Morgan fingerprint density at radius 2 is 2.38 bits per heavy atom. The molecule has 0 unspecified atom stereocenters. The SMILES string of the molecule is CN(Cc1nc(C(F)(F)F)cs1)C(=O)N[C@@H]1CCCOC1. The Hall–Kier alpha value is -1.35. The molecule has 1 saturated heterocycles. The Morgan fingerprint density at radius 1 is 1.62 bits per heavy atom. The van der Waals surface area contributed by atoms with Crippen LogP contribution in [0.25, 0.3) is 0 Å². The van der Waals surface area contributed by atoms with Gasteiger partial charge in [0.15, 0.2) is 5.69 Å². The monoisotopic (exact) mass is 323 g/mol. The van der Waals surface area contributed by atoms with Crippen LogP contribution < -0.4 is 5.32 Å². The molecule has 0 aromatic carbocycles. The zero-order chi connectivity index (χ0) is 15.5. The van der Waals surface area contributed by atoms with Gasteiger partial charge in [0, 0.05) is 19.0 Å². The molecular weight excluding hydrogens is 307 g/mol. The molecule has 0 radical (unpaired) electrons. The first-order valence-electron chi connectivity index (χ1n) is 6.47. The Kier molecular flexibility index (Phi) is 5.04. The highest BCUT2D eigenvalue weighted by molar-refractivity contribution is 7.09. The standard InChI is InChI=1S/C12H16F3N3O2S/c1-18(11(19)16-8-3-2-4-20-6-8)5-10-17-9(7-21-10)12(13,14)15/h7-8H,2-6H2,1H3,(H,16,19)/t8-/m1/s1. The van der Waals surface area contributed by atoms with Crippen molar-refractivity contribution in [2.24, 2.45) is 0 Å². The first-order valence-corrected chi connectivity index (χ1v) is 7.35. The largest absolute Gasteiger partial charge is 0.434 e. The van der Waals surface area contributed by atoms with E-state index in [1.807, 2.05) is 0 Å². The molecule has 0 bridgehead atoms. The van der Waals surface area contributed by atoms with Gasteiger partial charge in [-0.3, -0.25) is 0 Å². The molecule has 1 aromatic heterocycles. The average Bonchev–Trinajstić information content (AvgIpc) is 2.88. The summed E-state index contributed by atoms with van der Waals surface area (Å²) in [6.07, 6.45) is -2.72. The summed E-state index contributed by atoms with van der Waals surface area (Å²) in [5.41, 5.74) is -0.919. The maximum Gasteiger partial charge on any atom is 0.434 e. The second kappa shape index (κ2) is 6.61. The van der Waals surface area contributed by atoms with Crippen molar-refractivity contribution in [2.75, 3.05) is 20.3 Å². The fraction of sp³-hybridized carbons (Fsp3) is 0.667. The van der Waals surface area contributed by atoms with Crippen LogP contribution in [0.3, 0.4) is 0 Å². The Bertz CT molecular complexity index is 486. The van der Waals surface area contributed by atoms with Gasteiger partial charge < -0.3 is 15.0 Å². The second-order valence-corrected chi connectivity index (χ2v) is 5.79. The number of hydrogen-bond acceptors (Lipinski definition) is 4. The van der Waals surface area contributed by atoms with Crippen molar-refractivity contribution in [3.05, 3.63) is 16.1 Å². The minimum Gasteiger partial charge on any atom is -0.379 e. The van der Waals surface area contributed by atoms with E-state index in [9.17, 15) is 18.0 Å². The molecule has 0 spiro atoms. The number of alkyl halides is 3. The summed E-state index contributed by atoms with van der Waals surface area (Å²) in [4.78, 5) is 16.7. The van der Waals surface area contributed by atoms with Crippen molar-refractivity contribution in [2.45, 2.75) is 31.6 Å². The van der Waals surface area contributed by atoms with Gasteiger partial charge in [-0.05, 0) is 12.8 Å². The van der Waals surface area contributed by atoms with Crippen LogP contribution in [0.2, 0.25) is 0 Å². The molecule has 5 nitrogen and oxygen atoms in total. The van der Waals surface area contributed by atoms with E-state index in [-0.39, 0.29) is 23.6 Å². The number of ether oxygens (including phenoxy) is 1. The highest BCUT2D eigenvalue weighted by atomic mass is 32.1. The number of aromatic nitrogens is 1. The minimum absolute atomic E-state index is 0.0418. The molecule has 0 aliphatic carbocycles. The number of rotatable bonds is 3. The maximum absolute atomic E-state index is 12.4. The molecule has 1 atom stereocenters. The molecule has 2 heterocycles. The molecule has 1 fully saturated rings. The lowest BCUT2D eigenvalue weighted by atomic mass is 10.1. The first kappa shape index (κ1) is 16.0. The summed E-state index contributed by atoms with van der Waals surface area (Å²) < 4.78 is 42.6. The van der Waals surface area contributed by atoms with Crippen molar-refractivity contribution >= 4 is 17.4 Å². The van der Waals surface area contributed by atoms with Crippen LogP contribution in [0, 0.1) is 0 Å². The Labute approximate surface area is 124 Å². The smallest absolute Gasteiger partial charge is 0.379 e. The van der Waals surface area contributed by atoms with Crippen molar-refractivity contribution in [1.29, 1.82) is 0 Å². The third kappa shape index (κ3) is 4.57. The van der Waals surface area contributed by atoms with Crippen molar-refractivity contribution in [3.8, 4) is 0 Å². The fourth-order valence-electron chi connectivity index (χ4n) is 1.93. The van der Waals surface area contributed by atoms with Crippen molar-refractivity contribution < 1.29 is 22.7 Å². The zero-order valence-electron chi connectivity index (χ0n) is 11.4. The molecule has 1 N–H and O–H groups in total. The van der Waals surface area contributed by atoms with E-state index in [4.69, 9.17) is 4.74 Å². The molecule has 0 saturated carbocycles. The lowest BCUT2D eigenvalue weighted by Gasteiger charge is -2.25. The van der Waals surface area contributed by atoms with Crippen LogP contribution in [0.15, 0.2) is 5.38 Å². The van der Waals surface area contributed by atoms with Gasteiger partial charge in [0.05, 0.1) is 19.2 Å². The van der Waals surface area contributed by atoms with E-state index in [1.165, 1.54) is 11.9 Å². The quantitative estimate of drug-likeness (QED) is 0.930. The fourth-order valence-corrected chi connectivity index (χ4v) is 2.78. The number of thiazole rings is 1. The lowest BCUT2D eigenvalue weighted by Crippen LogP contribution is -2.46. The summed E-state index contributed by atoms with van der Waals surface area (Å²) in [5.74, 6) is 0. The van der Waals surface area contributed by atoms with E-state index < -0.39 is 11.9 Å². The van der Waals surface area contributed by atoms with Crippen LogP contribution in [-0.4, -0.2) is 42.2 Å². The molecule has 118 valence electrons. The van der Waals surface area contributed by atoms with E-state index in [0.717, 1.165) is 29.6 Å². The van der Waals surface area contributed by atoms with Crippen LogP contribution in [0.1, 0.15) is 23.5 Å². The topological polar surface area (TPSA) is 54.5 Å². The molecule has 9 heteroatoms. The third-order valence-electron chi connectivity index (χ3n) is 3.05. The van der Waals surface area contributed by atoms with Crippen molar-refractivity contribution in [3.63, 3.8) is 0 Å². The summed E-state index contributed by atoms with van der Waals surface area (Å²) >= 11 is 0.891. The lowest BCUT2D eigenvalue weighted by molar-refractivity contribution is -0.140. The minimum atomic E-state index is -4.45. The van der Waals surface area contributed by atoms with Crippen LogP contribution in [-0.2, 0) is 17.5 Å². The molecule has 21 heavy (non-hydrogen) atoms. The molecular formula is C12H16F3N3O2S. The van der Waals surface area contributed by atoms with Crippen LogP contribution in [0.5, 0.6) is 0 Å². The van der Waals surface area contributed by atoms with Gasteiger partial charge in [-0.15, -0.1) is 11.3 Å². The number of carbonyl (C=O) groups is 1. The number of halogens is 3. The third-order valence-corrected chi connectivity index (χ3v) is 3.88. The Balaban J connectivity index is 1.86. The summed E-state index contributed by atoms with van der Waals surface area (Å²) in [5, 5.41) is 4.00. The zero-order valence-corrected chi connectivity index (χ0v) is 12.3. The van der Waals surface area contributed by atoms with Gasteiger partial charge >= 0.3 is 12.2 Å². The molecule has 2 amide bonds. The summed E-state index contributed by atoms with van der Waals surface area (Å²) in [6, 6.07) is -0.384. The number of amides is 2. The molecule has 1 aliphatic rings. The molecule has 2 rings (SSSR count).